The number of para-hydroxylation sites is 1. The highest BCUT2D eigenvalue weighted by Gasteiger charge is 2.32. The van der Waals surface area contributed by atoms with Crippen molar-refractivity contribution < 1.29 is 22.4 Å². The molecule has 0 radical (unpaired) electrons. The van der Waals surface area contributed by atoms with Gasteiger partial charge in [-0.1, -0.05) is 62.7 Å². The van der Waals surface area contributed by atoms with Gasteiger partial charge in [0, 0.05) is 13.1 Å². The lowest BCUT2D eigenvalue weighted by Gasteiger charge is -2.33. The second-order valence-electron chi connectivity index (χ2n) is 8.79. The summed E-state index contributed by atoms with van der Waals surface area (Å²) in [5.74, 6) is -1.44. The first-order valence-corrected chi connectivity index (χ1v) is 13.1. The van der Waals surface area contributed by atoms with Crippen molar-refractivity contribution in [1.29, 1.82) is 0 Å². The van der Waals surface area contributed by atoms with Crippen LogP contribution in [-0.2, 0) is 26.2 Å². The number of carbonyl (C=O) groups is 2. The van der Waals surface area contributed by atoms with Crippen LogP contribution in [0.5, 0.6) is 0 Å². The van der Waals surface area contributed by atoms with Crippen molar-refractivity contribution in [3.8, 4) is 0 Å². The van der Waals surface area contributed by atoms with Crippen LogP contribution in [0.2, 0.25) is 0 Å². The van der Waals surface area contributed by atoms with Gasteiger partial charge in [0.05, 0.1) is 11.9 Å². The normalized spacial score (nSPS) is 12.3. The van der Waals surface area contributed by atoms with E-state index < -0.39 is 34.3 Å². The molecule has 0 spiro atoms. The van der Waals surface area contributed by atoms with Crippen LogP contribution in [0.1, 0.15) is 38.3 Å². The molecule has 34 heavy (non-hydrogen) atoms. The van der Waals surface area contributed by atoms with E-state index in [1.807, 2.05) is 45.0 Å². The molecule has 0 saturated carbocycles. The molecule has 186 valence electrons. The smallest absolute Gasteiger partial charge is 0.244 e. The average Bonchev–Trinajstić information content (AvgIpc) is 2.77. The van der Waals surface area contributed by atoms with Crippen molar-refractivity contribution >= 4 is 27.5 Å². The third-order valence-corrected chi connectivity index (χ3v) is 6.47. The summed E-state index contributed by atoms with van der Waals surface area (Å²) in [6.45, 7) is 7.61. The summed E-state index contributed by atoms with van der Waals surface area (Å²) in [6, 6.07) is 12.1. The van der Waals surface area contributed by atoms with E-state index >= 15 is 0 Å². The number of rotatable bonds is 11. The van der Waals surface area contributed by atoms with Crippen molar-refractivity contribution in [2.24, 2.45) is 5.92 Å². The molecule has 1 atom stereocenters. The molecule has 0 saturated heterocycles. The van der Waals surface area contributed by atoms with Gasteiger partial charge in [0.25, 0.3) is 0 Å². The molecular formula is C25H34FN3O4S. The quantitative estimate of drug-likeness (QED) is 0.521. The Hall–Kier alpha value is -2.94. The summed E-state index contributed by atoms with van der Waals surface area (Å²) in [6.07, 6.45) is 1.25. The van der Waals surface area contributed by atoms with Gasteiger partial charge in [0.1, 0.15) is 18.4 Å². The number of hydrogen-bond acceptors (Lipinski definition) is 4. The van der Waals surface area contributed by atoms with Crippen LogP contribution in [0.25, 0.3) is 0 Å². The van der Waals surface area contributed by atoms with Gasteiger partial charge >= 0.3 is 0 Å². The van der Waals surface area contributed by atoms with Crippen LogP contribution in [-0.4, -0.2) is 50.5 Å². The topological polar surface area (TPSA) is 86.8 Å². The van der Waals surface area contributed by atoms with Gasteiger partial charge in [-0.2, -0.15) is 0 Å². The molecule has 2 rings (SSSR count). The Morgan fingerprint density at radius 2 is 1.68 bits per heavy atom. The molecule has 0 unspecified atom stereocenters. The molecule has 0 fully saturated rings. The number of anilines is 1. The van der Waals surface area contributed by atoms with E-state index in [0.717, 1.165) is 27.8 Å². The third-order valence-electron chi connectivity index (χ3n) is 5.34. The fourth-order valence-electron chi connectivity index (χ4n) is 3.48. The molecule has 0 aliphatic carbocycles. The molecule has 0 heterocycles. The van der Waals surface area contributed by atoms with E-state index in [2.05, 4.69) is 5.32 Å². The Balaban J connectivity index is 2.42. The van der Waals surface area contributed by atoms with Gasteiger partial charge in [0.15, 0.2) is 0 Å². The fourth-order valence-corrected chi connectivity index (χ4v) is 4.33. The standard InChI is InChI=1S/C25H34FN3O4S/c1-6-22(25(31)27-15-18(2)3)28(16-20-13-11-19(4)12-14-20)24(30)17-29(34(5,32)33)23-10-8-7-9-21(23)26/h7-14,18,22H,6,15-17H2,1-5H3,(H,27,31)/t22-/m0/s1. The van der Waals surface area contributed by atoms with Crippen molar-refractivity contribution in [3.63, 3.8) is 0 Å². The predicted octanol–water partition coefficient (Wildman–Crippen LogP) is 3.48. The molecule has 0 aliphatic rings. The van der Waals surface area contributed by atoms with Gasteiger partial charge in [-0.15, -0.1) is 0 Å². The van der Waals surface area contributed by atoms with Crippen LogP contribution < -0.4 is 9.62 Å². The van der Waals surface area contributed by atoms with Crippen LogP contribution in [0.15, 0.2) is 48.5 Å². The zero-order valence-electron chi connectivity index (χ0n) is 20.4. The maximum Gasteiger partial charge on any atom is 0.244 e. The highest BCUT2D eigenvalue weighted by atomic mass is 32.2. The molecule has 2 aromatic rings. The number of nitrogens with one attached hydrogen (secondary N) is 1. The van der Waals surface area contributed by atoms with Gasteiger partial charge in [-0.3, -0.25) is 13.9 Å². The van der Waals surface area contributed by atoms with E-state index in [0.29, 0.717) is 13.0 Å². The number of halogens is 1. The maximum absolute atomic E-state index is 14.4. The summed E-state index contributed by atoms with van der Waals surface area (Å²) in [5.41, 5.74) is 1.63. The van der Waals surface area contributed by atoms with E-state index in [1.54, 1.807) is 6.92 Å². The Bertz CT molecular complexity index is 1090. The van der Waals surface area contributed by atoms with Gasteiger partial charge in [0.2, 0.25) is 21.8 Å². The van der Waals surface area contributed by atoms with Crippen LogP contribution in [0.3, 0.4) is 0 Å². The van der Waals surface area contributed by atoms with Crippen molar-refractivity contribution in [2.75, 3.05) is 23.7 Å². The lowest BCUT2D eigenvalue weighted by molar-refractivity contribution is -0.140. The lowest BCUT2D eigenvalue weighted by Crippen LogP contribution is -2.52. The number of aryl methyl sites for hydroxylation is 1. The first kappa shape index (κ1) is 27.3. The van der Waals surface area contributed by atoms with Gasteiger partial charge in [-0.05, 0) is 37.0 Å². The monoisotopic (exact) mass is 491 g/mol. The van der Waals surface area contributed by atoms with Gasteiger partial charge in [-0.25, -0.2) is 12.8 Å². The third kappa shape index (κ3) is 7.55. The van der Waals surface area contributed by atoms with Crippen molar-refractivity contribution in [2.45, 2.75) is 46.7 Å². The van der Waals surface area contributed by atoms with E-state index in [1.165, 1.54) is 23.1 Å². The molecule has 9 heteroatoms. The molecular weight excluding hydrogens is 457 g/mol. The van der Waals surface area contributed by atoms with Crippen LogP contribution >= 0.6 is 0 Å². The highest BCUT2D eigenvalue weighted by Crippen LogP contribution is 2.22. The maximum atomic E-state index is 14.4. The molecule has 1 N–H and O–H groups in total. The first-order valence-electron chi connectivity index (χ1n) is 11.3. The largest absolute Gasteiger partial charge is 0.354 e. The van der Waals surface area contributed by atoms with E-state index in [9.17, 15) is 22.4 Å². The average molecular weight is 492 g/mol. The first-order chi connectivity index (χ1) is 15.9. The zero-order valence-corrected chi connectivity index (χ0v) is 21.2. The summed E-state index contributed by atoms with van der Waals surface area (Å²) < 4.78 is 40.2. The summed E-state index contributed by atoms with van der Waals surface area (Å²) in [5, 5.41) is 2.86. The molecule has 0 bridgehead atoms. The minimum Gasteiger partial charge on any atom is -0.354 e. The van der Waals surface area contributed by atoms with Crippen molar-refractivity contribution in [3.05, 3.63) is 65.5 Å². The minimum atomic E-state index is -3.98. The van der Waals surface area contributed by atoms with Crippen LogP contribution in [0.4, 0.5) is 10.1 Å². The number of amides is 2. The Labute approximate surface area is 202 Å². The molecule has 0 aliphatic heterocycles. The lowest BCUT2D eigenvalue weighted by atomic mass is 10.1. The Kier molecular flexibility index (Phi) is 9.61. The second kappa shape index (κ2) is 12.0. The number of benzene rings is 2. The predicted molar refractivity (Wildman–Crippen MR) is 132 cm³/mol. The zero-order chi connectivity index (χ0) is 25.5. The summed E-state index contributed by atoms with van der Waals surface area (Å²) in [7, 11) is -3.98. The van der Waals surface area contributed by atoms with E-state index in [4.69, 9.17) is 0 Å². The second-order valence-corrected chi connectivity index (χ2v) is 10.7. The Morgan fingerprint density at radius 3 is 2.21 bits per heavy atom. The highest BCUT2D eigenvalue weighted by molar-refractivity contribution is 7.92. The summed E-state index contributed by atoms with van der Waals surface area (Å²) >= 11 is 0. The van der Waals surface area contributed by atoms with Gasteiger partial charge < -0.3 is 10.2 Å². The Morgan fingerprint density at radius 1 is 1.06 bits per heavy atom. The minimum absolute atomic E-state index is 0.113. The molecule has 2 amide bonds. The molecule has 0 aromatic heterocycles. The SMILES string of the molecule is CC[C@@H](C(=O)NCC(C)C)N(Cc1ccc(C)cc1)C(=O)CN(c1ccccc1F)S(C)(=O)=O. The molecule has 2 aromatic carbocycles. The van der Waals surface area contributed by atoms with Crippen LogP contribution in [0, 0.1) is 18.7 Å². The number of carbonyl (C=O) groups excluding carboxylic acids is 2. The molecule has 7 nitrogen and oxygen atoms in total. The number of sulfonamides is 1. The van der Waals surface area contributed by atoms with E-state index in [-0.39, 0.29) is 24.1 Å². The number of hydrogen-bond donors (Lipinski definition) is 1. The summed E-state index contributed by atoms with van der Waals surface area (Å²) in [4.78, 5) is 27.9. The number of nitrogens with zero attached hydrogens (tertiary/aromatic N) is 2. The fraction of sp³-hybridized carbons (Fsp3) is 0.440. The van der Waals surface area contributed by atoms with Crippen molar-refractivity contribution in [1.82, 2.24) is 10.2 Å².